The lowest BCUT2D eigenvalue weighted by atomic mass is 9.80. The molecule has 2 rings (SSSR count). The highest BCUT2D eigenvalue weighted by atomic mass is 32.1. The molecule has 0 aliphatic carbocycles. The van der Waals surface area contributed by atoms with Gasteiger partial charge < -0.3 is 10.6 Å². The van der Waals surface area contributed by atoms with E-state index in [1.165, 1.54) is 11.3 Å². The van der Waals surface area contributed by atoms with Gasteiger partial charge in [-0.15, -0.1) is 11.3 Å². The van der Waals surface area contributed by atoms with E-state index in [9.17, 15) is 4.79 Å². The van der Waals surface area contributed by atoms with Crippen molar-refractivity contribution in [3.63, 3.8) is 0 Å². The molecule has 92 valence electrons. The van der Waals surface area contributed by atoms with Gasteiger partial charge in [0, 0.05) is 18.5 Å². The highest BCUT2D eigenvalue weighted by molar-refractivity contribution is 7.80. The van der Waals surface area contributed by atoms with Crippen molar-refractivity contribution in [2.45, 2.75) is 19.8 Å². The average molecular weight is 269 g/mol. The number of carbonyl (C=O) groups is 1. The second kappa shape index (κ2) is 4.70. The van der Waals surface area contributed by atoms with Crippen LogP contribution in [0.25, 0.3) is 0 Å². The second-order valence-corrected chi connectivity index (χ2v) is 5.91. The Morgan fingerprint density at radius 3 is 2.71 bits per heavy atom. The summed E-state index contributed by atoms with van der Waals surface area (Å²) < 4.78 is 0. The fourth-order valence-electron chi connectivity index (χ4n) is 1.93. The van der Waals surface area contributed by atoms with Crippen LogP contribution in [-0.4, -0.2) is 33.9 Å². The average Bonchev–Trinajstić information content (AvgIpc) is 2.82. The maximum Gasteiger partial charge on any atom is 0.265 e. The quantitative estimate of drug-likeness (QED) is 0.830. The van der Waals surface area contributed by atoms with E-state index in [0.717, 1.165) is 12.8 Å². The first-order valence-electron chi connectivity index (χ1n) is 5.50. The molecule has 1 saturated heterocycles. The van der Waals surface area contributed by atoms with E-state index in [1.807, 2.05) is 4.90 Å². The Labute approximate surface area is 110 Å². The molecular weight excluding hydrogens is 254 g/mol. The maximum absolute atomic E-state index is 12.1. The molecule has 0 atom stereocenters. The molecule has 4 nitrogen and oxygen atoms in total. The number of rotatable bonds is 2. The van der Waals surface area contributed by atoms with E-state index in [0.29, 0.717) is 23.0 Å². The normalized spacial score (nSPS) is 19.0. The topological polar surface area (TPSA) is 59.2 Å². The SMILES string of the molecule is CC1(C(N)=S)CCN(C(=O)c2cncs2)CC1. The first-order chi connectivity index (χ1) is 8.03. The number of piperidine rings is 1. The van der Waals surface area contributed by atoms with Gasteiger partial charge in [0.2, 0.25) is 0 Å². The number of carbonyl (C=O) groups excluding carboxylic acids is 1. The Hall–Kier alpha value is -1.01. The molecule has 0 spiro atoms. The zero-order valence-electron chi connectivity index (χ0n) is 9.68. The summed E-state index contributed by atoms with van der Waals surface area (Å²) in [5, 5.41) is 0. The molecule has 1 aliphatic rings. The summed E-state index contributed by atoms with van der Waals surface area (Å²) in [5.41, 5.74) is 7.32. The summed E-state index contributed by atoms with van der Waals surface area (Å²) in [6, 6.07) is 0. The van der Waals surface area contributed by atoms with Gasteiger partial charge in [-0.25, -0.2) is 0 Å². The van der Waals surface area contributed by atoms with Crippen LogP contribution in [0.1, 0.15) is 29.4 Å². The zero-order valence-corrected chi connectivity index (χ0v) is 11.3. The van der Waals surface area contributed by atoms with Crippen LogP contribution in [0.2, 0.25) is 0 Å². The van der Waals surface area contributed by atoms with Crippen LogP contribution in [0, 0.1) is 5.41 Å². The molecular formula is C11H15N3OS2. The smallest absolute Gasteiger partial charge is 0.265 e. The van der Waals surface area contributed by atoms with E-state index in [4.69, 9.17) is 18.0 Å². The van der Waals surface area contributed by atoms with Gasteiger partial charge >= 0.3 is 0 Å². The lowest BCUT2D eigenvalue weighted by molar-refractivity contribution is 0.0675. The fourth-order valence-corrected chi connectivity index (χ4v) is 2.72. The highest BCUT2D eigenvalue weighted by Crippen LogP contribution is 2.31. The highest BCUT2D eigenvalue weighted by Gasteiger charge is 2.34. The Kier molecular flexibility index (Phi) is 3.44. The number of thiazole rings is 1. The predicted octanol–water partition coefficient (Wildman–Crippen LogP) is 1.67. The maximum atomic E-state index is 12.1. The summed E-state index contributed by atoms with van der Waals surface area (Å²) in [4.78, 5) is 19.1. The molecule has 1 aromatic rings. The van der Waals surface area contributed by atoms with Crippen molar-refractivity contribution in [2.24, 2.45) is 11.1 Å². The summed E-state index contributed by atoms with van der Waals surface area (Å²) in [6.45, 7) is 3.50. The Morgan fingerprint density at radius 2 is 2.24 bits per heavy atom. The first-order valence-corrected chi connectivity index (χ1v) is 6.79. The summed E-state index contributed by atoms with van der Waals surface area (Å²) in [7, 11) is 0. The van der Waals surface area contributed by atoms with Crippen molar-refractivity contribution < 1.29 is 4.79 Å². The molecule has 2 N–H and O–H groups in total. The monoisotopic (exact) mass is 269 g/mol. The predicted molar refractivity (Wildman–Crippen MR) is 72.1 cm³/mol. The van der Waals surface area contributed by atoms with E-state index >= 15 is 0 Å². The van der Waals surface area contributed by atoms with Gasteiger partial charge in [0.05, 0.1) is 16.7 Å². The van der Waals surface area contributed by atoms with E-state index in [2.05, 4.69) is 11.9 Å². The minimum absolute atomic E-state index is 0.0671. The molecule has 0 saturated carbocycles. The number of nitrogens with two attached hydrogens (primary N) is 1. The Balaban J connectivity index is 2.00. The van der Waals surface area contributed by atoms with Crippen molar-refractivity contribution in [3.8, 4) is 0 Å². The number of likely N-dealkylation sites (tertiary alicyclic amines) is 1. The Morgan fingerprint density at radius 1 is 1.59 bits per heavy atom. The van der Waals surface area contributed by atoms with Crippen molar-refractivity contribution >= 4 is 34.5 Å². The number of hydrogen-bond acceptors (Lipinski definition) is 4. The first kappa shape index (κ1) is 12.4. The van der Waals surface area contributed by atoms with Crippen LogP contribution >= 0.6 is 23.6 Å². The minimum Gasteiger partial charge on any atom is -0.393 e. The van der Waals surface area contributed by atoms with Crippen LogP contribution < -0.4 is 5.73 Å². The van der Waals surface area contributed by atoms with Crippen LogP contribution in [-0.2, 0) is 0 Å². The molecule has 0 radical (unpaired) electrons. The number of hydrogen-bond donors (Lipinski definition) is 1. The third-order valence-corrected chi connectivity index (χ3v) is 4.65. The minimum atomic E-state index is -0.0974. The molecule has 0 unspecified atom stereocenters. The van der Waals surface area contributed by atoms with Gasteiger partial charge in [0.15, 0.2) is 0 Å². The zero-order chi connectivity index (χ0) is 12.5. The standard InChI is InChI=1S/C11H15N3OS2/c1-11(10(12)16)2-4-14(5-3-11)9(15)8-6-13-7-17-8/h6-7H,2-5H2,1H3,(H2,12,16). The summed E-state index contributed by atoms with van der Waals surface area (Å²) in [5.74, 6) is 0.0671. The number of aromatic nitrogens is 1. The van der Waals surface area contributed by atoms with Crippen molar-refractivity contribution in [2.75, 3.05) is 13.1 Å². The number of nitrogens with zero attached hydrogens (tertiary/aromatic N) is 2. The van der Waals surface area contributed by atoms with E-state index in [1.54, 1.807) is 11.7 Å². The van der Waals surface area contributed by atoms with E-state index in [-0.39, 0.29) is 11.3 Å². The molecule has 1 aliphatic heterocycles. The van der Waals surface area contributed by atoms with Gasteiger partial charge in [0.25, 0.3) is 5.91 Å². The van der Waals surface area contributed by atoms with Gasteiger partial charge in [0.1, 0.15) is 4.88 Å². The third kappa shape index (κ3) is 2.47. The van der Waals surface area contributed by atoms with Crippen molar-refractivity contribution in [1.29, 1.82) is 0 Å². The van der Waals surface area contributed by atoms with Crippen LogP contribution in [0.15, 0.2) is 11.7 Å². The lowest BCUT2D eigenvalue weighted by Crippen LogP contribution is -2.46. The third-order valence-electron chi connectivity index (χ3n) is 3.39. The largest absolute Gasteiger partial charge is 0.393 e. The fraction of sp³-hybridized carbons (Fsp3) is 0.545. The molecule has 1 amide bonds. The van der Waals surface area contributed by atoms with Gasteiger partial charge in [-0.1, -0.05) is 19.1 Å². The van der Waals surface area contributed by atoms with E-state index < -0.39 is 0 Å². The molecule has 1 aromatic heterocycles. The van der Waals surface area contributed by atoms with Crippen LogP contribution in [0.3, 0.4) is 0 Å². The molecule has 6 heteroatoms. The van der Waals surface area contributed by atoms with Crippen LogP contribution in [0.5, 0.6) is 0 Å². The molecule has 0 aromatic carbocycles. The van der Waals surface area contributed by atoms with Gasteiger partial charge in [-0.2, -0.15) is 0 Å². The lowest BCUT2D eigenvalue weighted by Gasteiger charge is -2.38. The van der Waals surface area contributed by atoms with Crippen LogP contribution in [0.4, 0.5) is 0 Å². The number of thiocarbonyl (C=S) groups is 1. The molecule has 2 heterocycles. The van der Waals surface area contributed by atoms with Gasteiger partial charge in [-0.3, -0.25) is 9.78 Å². The second-order valence-electron chi connectivity index (χ2n) is 4.58. The summed E-state index contributed by atoms with van der Waals surface area (Å²) >= 11 is 6.46. The van der Waals surface area contributed by atoms with Gasteiger partial charge in [-0.05, 0) is 12.8 Å². The molecule has 1 fully saturated rings. The van der Waals surface area contributed by atoms with Crippen molar-refractivity contribution in [3.05, 3.63) is 16.6 Å². The molecule has 17 heavy (non-hydrogen) atoms. The van der Waals surface area contributed by atoms with Crippen molar-refractivity contribution in [1.82, 2.24) is 9.88 Å². The Bertz CT molecular complexity index is 422. The molecule has 0 bridgehead atoms. The summed E-state index contributed by atoms with van der Waals surface area (Å²) in [6.07, 6.45) is 3.30. The number of amides is 1.